The normalized spacial score (nSPS) is 14.4. The summed E-state index contributed by atoms with van der Waals surface area (Å²) in [5, 5.41) is 10.2. The van der Waals surface area contributed by atoms with Crippen LogP contribution in [0.4, 0.5) is 0 Å². The van der Waals surface area contributed by atoms with Crippen molar-refractivity contribution in [3.05, 3.63) is 59.7 Å². The first-order chi connectivity index (χ1) is 10.2. The van der Waals surface area contributed by atoms with E-state index in [1.165, 1.54) is 12.1 Å². The first-order valence-electron chi connectivity index (χ1n) is 7.09. The van der Waals surface area contributed by atoms with Crippen molar-refractivity contribution in [2.75, 3.05) is 0 Å². The van der Waals surface area contributed by atoms with E-state index in [1.807, 2.05) is 13.8 Å². The lowest BCUT2D eigenvalue weighted by molar-refractivity contribution is 0.0531. The van der Waals surface area contributed by atoms with E-state index in [2.05, 4.69) is 0 Å². The van der Waals surface area contributed by atoms with Gasteiger partial charge in [-0.05, 0) is 50.1 Å². The molecule has 0 spiro atoms. The maximum absolute atomic E-state index is 12.2. The smallest absolute Gasteiger partial charge is 0.339 e. The van der Waals surface area contributed by atoms with E-state index in [4.69, 9.17) is 4.18 Å². The molecule has 0 heterocycles. The van der Waals surface area contributed by atoms with Gasteiger partial charge in [0, 0.05) is 0 Å². The van der Waals surface area contributed by atoms with Crippen molar-refractivity contribution in [2.45, 2.75) is 37.7 Å². The Kier molecular flexibility index (Phi) is 4.58. The molecule has 2 aromatic carbocycles. The van der Waals surface area contributed by atoms with Crippen LogP contribution in [0.1, 0.15) is 31.4 Å². The summed E-state index contributed by atoms with van der Waals surface area (Å²) < 4.78 is 29.5. The predicted octanol–water partition coefficient (Wildman–Crippen LogP) is 3.38. The van der Waals surface area contributed by atoms with Crippen LogP contribution in [0.5, 0.6) is 5.75 Å². The largest absolute Gasteiger partial charge is 0.385 e. The average Bonchev–Trinajstić information content (AvgIpc) is 2.48. The van der Waals surface area contributed by atoms with Crippen molar-refractivity contribution in [1.29, 1.82) is 0 Å². The van der Waals surface area contributed by atoms with Gasteiger partial charge in [-0.25, -0.2) is 0 Å². The lowest BCUT2D eigenvalue weighted by Gasteiger charge is -2.21. The topological polar surface area (TPSA) is 63.6 Å². The molecule has 0 bridgehead atoms. The van der Waals surface area contributed by atoms with Crippen LogP contribution < -0.4 is 4.18 Å². The summed E-state index contributed by atoms with van der Waals surface area (Å²) in [6.07, 6.45) is 0.564. The molecule has 118 valence electrons. The zero-order chi connectivity index (χ0) is 16.4. The quantitative estimate of drug-likeness (QED) is 0.858. The van der Waals surface area contributed by atoms with Crippen LogP contribution in [-0.2, 0) is 15.7 Å². The third-order valence-electron chi connectivity index (χ3n) is 3.68. The molecule has 22 heavy (non-hydrogen) atoms. The molecule has 0 aromatic heterocycles. The number of hydrogen-bond acceptors (Lipinski definition) is 4. The minimum atomic E-state index is -3.85. The van der Waals surface area contributed by atoms with E-state index in [9.17, 15) is 13.5 Å². The van der Waals surface area contributed by atoms with Gasteiger partial charge in [0.1, 0.15) is 10.6 Å². The third kappa shape index (κ3) is 3.67. The molecule has 0 saturated carbocycles. The number of benzene rings is 2. The van der Waals surface area contributed by atoms with Crippen molar-refractivity contribution < 1.29 is 17.7 Å². The first-order valence-corrected chi connectivity index (χ1v) is 8.49. The molecular weight excluding hydrogens is 300 g/mol. The van der Waals surface area contributed by atoms with Gasteiger partial charge in [-0.1, -0.05) is 36.8 Å². The van der Waals surface area contributed by atoms with Gasteiger partial charge in [-0.2, -0.15) is 8.42 Å². The minimum absolute atomic E-state index is 0.114. The van der Waals surface area contributed by atoms with Gasteiger partial charge in [0.05, 0.1) is 5.60 Å². The van der Waals surface area contributed by atoms with Crippen LogP contribution in [-0.4, -0.2) is 13.5 Å². The van der Waals surface area contributed by atoms with Gasteiger partial charge in [-0.3, -0.25) is 0 Å². The van der Waals surface area contributed by atoms with Gasteiger partial charge in [-0.15, -0.1) is 0 Å². The lowest BCUT2D eigenvalue weighted by Crippen LogP contribution is -2.19. The van der Waals surface area contributed by atoms with Gasteiger partial charge >= 0.3 is 10.1 Å². The Hall–Kier alpha value is -1.85. The Morgan fingerprint density at radius 3 is 2.09 bits per heavy atom. The molecule has 0 radical (unpaired) electrons. The average molecular weight is 320 g/mol. The molecule has 4 nitrogen and oxygen atoms in total. The van der Waals surface area contributed by atoms with Gasteiger partial charge < -0.3 is 9.29 Å². The molecule has 0 aliphatic heterocycles. The Morgan fingerprint density at radius 1 is 1.05 bits per heavy atom. The van der Waals surface area contributed by atoms with Crippen molar-refractivity contribution in [2.24, 2.45) is 0 Å². The Balaban J connectivity index is 2.22. The van der Waals surface area contributed by atoms with Crippen LogP contribution in [0, 0.1) is 6.92 Å². The van der Waals surface area contributed by atoms with Gasteiger partial charge in [0.2, 0.25) is 0 Å². The van der Waals surface area contributed by atoms with Crippen molar-refractivity contribution >= 4 is 10.1 Å². The lowest BCUT2D eigenvalue weighted by atomic mass is 9.93. The van der Waals surface area contributed by atoms with Crippen LogP contribution in [0.3, 0.4) is 0 Å². The van der Waals surface area contributed by atoms with Crippen molar-refractivity contribution in [3.8, 4) is 5.75 Å². The molecular formula is C17H20O4S. The molecule has 2 aromatic rings. The second-order valence-corrected chi connectivity index (χ2v) is 7.05. The van der Waals surface area contributed by atoms with Crippen LogP contribution in [0.2, 0.25) is 0 Å². The minimum Gasteiger partial charge on any atom is -0.385 e. The Labute approximate surface area is 131 Å². The van der Waals surface area contributed by atoms with E-state index in [1.54, 1.807) is 43.3 Å². The molecule has 1 unspecified atom stereocenters. The van der Waals surface area contributed by atoms with Crippen LogP contribution in [0.15, 0.2) is 53.4 Å². The summed E-state index contributed by atoms with van der Waals surface area (Å²) in [4.78, 5) is 0.114. The van der Waals surface area contributed by atoms with Crippen LogP contribution in [0.25, 0.3) is 0 Å². The summed E-state index contributed by atoms with van der Waals surface area (Å²) in [5.41, 5.74) is 0.758. The van der Waals surface area contributed by atoms with Crippen LogP contribution >= 0.6 is 0 Å². The zero-order valence-corrected chi connectivity index (χ0v) is 13.7. The molecule has 2 rings (SSSR count). The second kappa shape index (κ2) is 6.10. The van der Waals surface area contributed by atoms with E-state index >= 15 is 0 Å². The summed E-state index contributed by atoms with van der Waals surface area (Å²) in [5.74, 6) is 0.219. The molecule has 1 atom stereocenters. The summed E-state index contributed by atoms with van der Waals surface area (Å²) >= 11 is 0. The highest BCUT2D eigenvalue weighted by Gasteiger charge is 2.21. The summed E-state index contributed by atoms with van der Waals surface area (Å²) in [7, 11) is -3.85. The monoisotopic (exact) mass is 320 g/mol. The third-order valence-corrected chi connectivity index (χ3v) is 4.94. The predicted molar refractivity (Wildman–Crippen MR) is 85.3 cm³/mol. The standard InChI is InChI=1S/C17H20O4S/c1-4-17(3,18)14-7-9-15(10-8-14)21-22(19,20)16-11-5-13(2)6-12-16/h5-12,18H,4H2,1-3H3. The van der Waals surface area contributed by atoms with Crippen molar-refractivity contribution in [1.82, 2.24) is 0 Å². The number of rotatable bonds is 5. The fraction of sp³-hybridized carbons (Fsp3) is 0.294. The highest BCUT2D eigenvalue weighted by Crippen LogP contribution is 2.27. The van der Waals surface area contributed by atoms with E-state index < -0.39 is 15.7 Å². The summed E-state index contributed by atoms with van der Waals surface area (Å²) in [6.45, 7) is 5.48. The highest BCUT2D eigenvalue weighted by molar-refractivity contribution is 7.87. The molecule has 5 heteroatoms. The SMILES string of the molecule is CCC(C)(O)c1ccc(OS(=O)(=O)c2ccc(C)cc2)cc1. The number of aliphatic hydroxyl groups is 1. The molecule has 0 aliphatic carbocycles. The Bertz CT molecular complexity index is 729. The Morgan fingerprint density at radius 2 is 1.59 bits per heavy atom. The molecule has 0 saturated heterocycles. The van der Waals surface area contributed by atoms with E-state index in [0.717, 1.165) is 11.1 Å². The maximum Gasteiger partial charge on any atom is 0.339 e. The molecule has 0 fully saturated rings. The van der Waals surface area contributed by atoms with Gasteiger partial charge in [0.15, 0.2) is 0 Å². The highest BCUT2D eigenvalue weighted by atomic mass is 32.2. The van der Waals surface area contributed by atoms with Crippen molar-refractivity contribution in [3.63, 3.8) is 0 Å². The molecule has 1 N–H and O–H groups in total. The second-order valence-electron chi connectivity index (χ2n) is 5.50. The first kappa shape index (κ1) is 16.5. The fourth-order valence-corrected chi connectivity index (χ4v) is 2.88. The zero-order valence-electron chi connectivity index (χ0n) is 12.9. The summed E-state index contributed by atoms with van der Waals surface area (Å²) in [6, 6.07) is 12.9. The number of hydrogen-bond donors (Lipinski definition) is 1. The van der Waals surface area contributed by atoms with Gasteiger partial charge in [0.25, 0.3) is 0 Å². The maximum atomic E-state index is 12.2. The van der Waals surface area contributed by atoms with E-state index in [-0.39, 0.29) is 10.6 Å². The molecule has 0 aliphatic rings. The molecule has 0 amide bonds. The number of aryl methyl sites for hydroxylation is 1. The fourth-order valence-electron chi connectivity index (χ4n) is 1.95. The van der Waals surface area contributed by atoms with E-state index in [0.29, 0.717) is 6.42 Å².